The van der Waals surface area contributed by atoms with Crippen molar-refractivity contribution in [1.82, 2.24) is 0 Å². The van der Waals surface area contributed by atoms with Crippen molar-refractivity contribution >= 4 is 35.5 Å². The number of nitrogens with zero attached hydrogens (tertiary/aromatic N) is 1. The van der Waals surface area contributed by atoms with Crippen molar-refractivity contribution in [2.24, 2.45) is 4.99 Å². The molecule has 0 saturated heterocycles. The topological polar surface area (TPSA) is 65.0 Å². The van der Waals surface area contributed by atoms with Crippen LogP contribution < -0.4 is 4.74 Å². The maximum Gasteiger partial charge on any atom is 0.363 e. The van der Waals surface area contributed by atoms with E-state index in [1.165, 1.54) is 42.5 Å². The third kappa shape index (κ3) is 4.14. The molecule has 1 aliphatic heterocycles. The van der Waals surface area contributed by atoms with E-state index in [4.69, 9.17) is 21.1 Å². The molecule has 148 valence electrons. The summed E-state index contributed by atoms with van der Waals surface area (Å²) < 4.78 is 24.1. The molecule has 0 aromatic heterocycles. The highest BCUT2D eigenvalue weighted by Crippen LogP contribution is 2.28. The number of cyclic esters (lactones) is 1. The standard InChI is InChI=1S/C23H13ClFNO4/c24-17-12-14(10-11-20(17)29-22(27)16-8-4-5-9-18(16)25)13-19-23(28)30-21(26-19)15-6-2-1-3-7-15/h1-13H. The first-order valence-corrected chi connectivity index (χ1v) is 9.23. The summed E-state index contributed by atoms with van der Waals surface area (Å²) in [4.78, 5) is 28.5. The van der Waals surface area contributed by atoms with Crippen LogP contribution in [0.25, 0.3) is 6.08 Å². The highest BCUT2D eigenvalue weighted by atomic mass is 35.5. The van der Waals surface area contributed by atoms with Gasteiger partial charge >= 0.3 is 11.9 Å². The average Bonchev–Trinajstić information content (AvgIpc) is 3.11. The second-order valence-corrected chi connectivity index (χ2v) is 6.67. The molecule has 0 aliphatic carbocycles. The molecule has 0 amide bonds. The normalized spacial score (nSPS) is 14.4. The number of ether oxygens (including phenoxy) is 2. The minimum Gasteiger partial charge on any atom is -0.421 e. The number of rotatable bonds is 4. The third-order valence-corrected chi connectivity index (χ3v) is 4.49. The van der Waals surface area contributed by atoms with E-state index < -0.39 is 17.8 Å². The predicted molar refractivity (Wildman–Crippen MR) is 110 cm³/mol. The summed E-state index contributed by atoms with van der Waals surface area (Å²) >= 11 is 6.19. The Hall–Kier alpha value is -3.77. The van der Waals surface area contributed by atoms with E-state index in [-0.39, 0.29) is 27.9 Å². The van der Waals surface area contributed by atoms with Crippen LogP contribution >= 0.6 is 11.6 Å². The van der Waals surface area contributed by atoms with Gasteiger partial charge < -0.3 is 9.47 Å². The maximum atomic E-state index is 13.7. The molecule has 7 heteroatoms. The van der Waals surface area contributed by atoms with Crippen LogP contribution in [0, 0.1) is 5.82 Å². The molecule has 3 aromatic carbocycles. The molecule has 0 bridgehead atoms. The molecule has 0 fully saturated rings. The van der Waals surface area contributed by atoms with Gasteiger partial charge in [-0.05, 0) is 48.0 Å². The van der Waals surface area contributed by atoms with Crippen LogP contribution in [0.3, 0.4) is 0 Å². The van der Waals surface area contributed by atoms with Gasteiger partial charge in [-0.3, -0.25) is 0 Å². The predicted octanol–water partition coefficient (Wildman–Crippen LogP) is 5.04. The maximum absolute atomic E-state index is 13.7. The zero-order valence-electron chi connectivity index (χ0n) is 15.3. The molecule has 0 radical (unpaired) electrons. The largest absolute Gasteiger partial charge is 0.421 e. The number of aliphatic imine (C=N–C) groups is 1. The van der Waals surface area contributed by atoms with E-state index in [0.29, 0.717) is 11.1 Å². The lowest BCUT2D eigenvalue weighted by Crippen LogP contribution is -2.10. The minimum absolute atomic E-state index is 0.0644. The lowest BCUT2D eigenvalue weighted by molar-refractivity contribution is -0.129. The summed E-state index contributed by atoms with van der Waals surface area (Å²) in [6.45, 7) is 0. The quantitative estimate of drug-likeness (QED) is 0.336. The monoisotopic (exact) mass is 421 g/mol. The van der Waals surface area contributed by atoms with Gasteiger partial charge in [0.2, 0.25) is 5.90 Å². The van der Waals surface area contributed by atoms with E-state index in [2.05, 4.69) is 4.99 Å². The SMILES string of the molecule is O=C1OC(c2ccccc2)=NC1=Cc1ccc(OC(=O)c2ccccc2F)c(Cl)c1. The van der Waals surface area contributed by atoms with Crippen LogP contribution in [-0.2, 0) is 9.53 Å². The summed E-state index contributed by atoms with van der Waals surface area (Å²) in [6, 6.07) is 19.1. The Morgan fingerprint density at radius 1 is 1.03 bits per heavy atom. The fraction of sp³-hybridized carbons (Fsp3) is 0. The Morgan fingerprint density at radius 2 is 1.77 bits per heavy atom. The number of halogens is 2. The first-order chi connectivity index (χ1) is 14.5. The van der Waals surface area contributed by atoms with Crippen molar-refractivity contribution in [2.75, 3.05) is 0 Å². The van der Waals surface area contributed by atoms with E-state index in [1.807, 2.05) is 18.2 Å². The van der Waals surface area contributed by atoms with Gasteiger partial charge in [0.1, 0.15) is 11.6 Å². The summed E-state index contributed by atoms with van der Waals surface area (Å²) in [5, 5.41) is 0.118. The molecule has 1 aliphatic rings. The van der Waals surface area contributed by atoms with Crippen LogP contribution in [0.4, 0.5) is 4.39 Å². The highest BCUT2D eigenvalue weighted by Gasteiger charge is 2.24. The van der Waals surface area contributed by atoms with Gasteiger partial charge in [-0.2, -0.15) is 0 Å². The smallest absolute Gasteiger partial charge is 0.363 e. The van der Waals surface area contributed by atoms with Gasteiger partial charge in [0.15, 0.2) is 5.70 Å². The number of benzene rings is 3. The van der Waals surface area contributed by atoms with Gasteiger partial charge in [-0.15, -0.1) is 0 Å². The summed E-state index contributed by atoms with van der Waals surface area (Å²) in [7, 11) is 0. The number of carbonyl (C=O) groups is 2. The Bertz CT molecular complexity index is 1200. The molecule has 0 atom stereocenters. The van der Waals surface area contributed by atoms with Gasteiger partial charge in [0.25, 0.3) is 0 Å². The fourth-order valence-corrected chi connectivity index (χ4v) is 2.97. The second-order valence-electron chi connectivity index (χ2n) is 6.26. The van der Waals surface area contributed by atoms with Crippen molar-refractivity contribution in [1.29, 1.82) is 0 Å². The number of carbonyl (C=O) groups excluding carboxylic acids is 2. The van der Waals surface area contributed by atoms with Crippen LogP contribution in [-0.4, -0.2) is 17.8 Å². The molecule has 0 spiro atoms. The molecular weight excluding hydrogens is 409 g/mol. The molecule has 30 heavy (non-hydrogen) atoms. The number of esters is 2. The van der Waals surface area contributed by atoms with E-state index >= 15 is 0 Å². The van der Waals surface area contributed by atoms with Gasteiger partial charge in [-0.1, -0.05) is 48.0 Å². The molecule has 0 unspecified atom stereocenters. The van der Waals surface area contributed by atoms with Crippen LogP contribution in [0.5, 0.6) is 5.75 Å². The molecule has 5 nitrogen and oxygen atoms in total. The second kappa shape index (κ2) is 8.31. The summed E-state index contributed by atoms with van der Waals surface area (Å²) in [5.41, 5.74) is 1.15. The van der Waals surface area contributed by atoms with Crippen molar-refractivity contribution in [3.8, 4) is 5.75 Å². The molecule has 1 heterocycles. The van der Waals surface area contributed by atoms with Crippen LogP contribution in [0.1, 0.15) is 21.5 Å². The van der Waals surface area contributed by atoms with Crippen molar-refractivity contribution in [3.05, 3.63) is 106 Å². The Kier molecular flexibility index (Phi) is 5.41. The molecule has 0 N–H and O–H groups in total. The first kappa shape index (κ1) is 19.5. The molecule has 4 rings (SSSR count). The Labute approximate surface area is 176 Å². The van der Waals surface area contributed by atoms with Crippen molar-refractivity contribution in [2.45, 2.75) is 0 Å². The zero-order valence-corrected chi connectivity index (χ0v) is 16.1. The molecular formula is C23H13ClFNO4. The lowest BCUT2D eigenvalue weighted by atomic mass is 10.2. The first-order valence-electron chi connectivity index (χ1n) is 8.85. The van der Waals surface area contributed by atoms with Crippen molar-refractivity contribution in [3.63, 3.8) is 0 Å². The summed E-state index contributed by atoms with van der Waals surface area (Å²) in [5.74, 6) is -1.85. The highest BCUT2D eigenvalue weighted by molar-refractivity contribution is 6.32. The Morgan fingerprint density at radius 3 is 2.50 bits per heavy atom. The van der Waals surface area contributed by atoms with E-state index in [0.717, 1.165) is 0 Å². The van der Waals surface area contributed by atoms with Crippen LogP contribution in [0.15, 0.2) is 83.5 Å². The van der Waals surface area contributed by atoms with Crippen LogP contribution in [0.2, 0.25) is 5.02 Å². The van der Waals surface area contributed by atoms with Gasteiger partial charge in [0.05, 0.1) is 10.6 Å². The minimum atomic E-state index is -0.863. The van der Waals surface area contributed by atoms with E-state index in [9.17, 15) is 14.0 Å². The third-order valence-electron chi connectivity index (χ3n) is 4.20. The zero-order chi connectivity index (χ0) is 21.1. The molecule has 0 saturated carbocycles. The van der Waals surface area contributed by atoms with Gasteiger partial charge in [0, 0.05) is 5.56 Å². The van der Waals surface area contributed by atoms with E-state index in [1.54, 1.807) is 18.2 Å². The number of hydrogen-bond donors (Lipinski definition) is 0. The molecule has 3 aromatic rings. The number of hydrogen-bond acceptors (Lipinski definition) is 5. The van der Waals surface area contributed by atoms with Crippen molar-refractivity contribution < 1.29 is 23.5 Å². The average molecular weight is 422 g/mol. The summed E-state index contributed by atoms with van der Waals surface area (Å²) in [6.07, 6.45) is 1.51. The van der Waals surface area contributed by atoms with Gasteiger partial charge in [-0.25, -0.2) is 19.0 Å². The lowest BCUT2D eigenvalue weighted by Gasteiger charge is -2.07. The fourth-order valence-electron chi connectivity index (χ4n) is 2.74. The Balaban J connectivity index is 1.55.